The lowest BCUT2D eigenvalue weighted by Gasteiger charge is -2.21. The zero-order valence-electron chi connectivity index (χ0n) is 12.1. The van der Waals surface area contributed by atoms with E-state index < -0.39 is 0 Å². The maximum Gasteiger partial charge on any atom is 0.0455 e. The third kappa shape index (κ3) is 3.53. The molecule has 2 aromatic carbocycles. The van der Waals surface area contributed by atoms with E-state index in [-0.39, 0.29) is 0 Å². The summed E-state index contributed by atoms with van der Waals surface area (Å²) < 4.78 is 0. The van der Waals surface area contributed by atoms with Crippen LogP contribution >= 0.6 is 11.6 Å². The molecule has 0 fully saturated rings. The fraction of sp³-hybridized carbons (Fsp3) is 0.294. The molecule has 0 radical (unpaired) electrons. The van der Waals surface area contributed by atoms with Crippen molar-refractivity contribution in [3.05, 3.63) is 64.2 Å². The number of aryl methyl sites for hydroxylation is 1. The van der Waals surface area contributed by atoms with E-state index >= 15 is 0 Å². The van der Waals surface area contributed by atoms with Crippen molar-refractivity contribution in [2.24, 2.45) is 5.73 Å². The van der Waals surface area contributed by atoms with E-state index in [0.717, 1.165) is 23.6 Å². The number of anilines is 1. The van der Waals surface area contributed by atoms with Crippen LogP contribution in [0.3, 0.4) is 0 Å². The minimum absolute atomic E-state index is 0.690. The molecule has 0 spiro atoms. The Morgan fingerprint density at radius 2 is 1.85 bits per heavy atom. The van der Waals surface area contributed by atoms with Crippen molar-refractivity contribution in [3.8, 4) is 0 Å². The summed E-state index contributed by atoms with van der Waals surface area (Å²) in [4.78, 5) is 2.21. The number of hydrogen-bond donors (Lipinski definition) is 1. The third-order valence-corrected chi connectivity index (χ3v) is 3.91. The lowest BCUT2D eigenvalue weighted by Crippen LogP contribution is -2.17. The third-order valence-electron chi connectivity index (χ3n) is 3.55. The van der Waals surface area contributed by atoms with Crippen LogP contribution in [-0.2, 0) is 13.0 Å². The van der Waals surface area contributed by atoms with Gasteiger partial charge in [-0.2, -0.15) is 0 Å². The van der Waals surface area contributed by atoms with Crippen LogP contribution < -0.4 is 10.6 Å². The number of hydrogen-bond acceptors (Lipinski definition) is 2. The highest BCUT2D eigenvalue weighted by molar-refractivity contribution is 6.31. The van der Waals surface area contributed by atoms with Crippen LogP contribution in [0.15, 0.2) is 42.5 Å². The van der Waals surface area contributed by atoms with E-state index in [2.05, 4.69) is 43.1 Å². The Kier molecular flexibility index (Phi) is 5.05. The van der Waals surface area contributed by atoms with Gasteiger partial charge >= 0.3 is 0 Å². The van der Waals surface area contributed by atoms with Gasteiger partial charge in [-0.25, -0.2) is 0 Å². The van der Waals surface area contributed by atoms with E-state index in [1.165, 1.54) is 16.8 Å². The van der Waals surface area contributed by atoms with Crippen molar-refractivity contribution < 1.29 is 0 Å². The van der Waals surface area contributed by atoms with Gasteiger partial charge in [0.1, 0.15) is 0 Å². The second-order valence-corrected chi connectivity index (χ2v) is 5.50. The molecule has 0 saturated heterocycles. The van der Waals surface area contributed by atoms with Crippen LogP contribution in [0, 0.1) is 6.92 Å². The molecule has 0 heterocycles. The smallest absolute Gasteiger partial charge is 0.0455 e. The van der Waals surface area contributed by atoms with Crippen molar-refractivity contribution in [3.63, 3.8) is 0 Å². The Bertz CT molecular complexity index is 581. The van der Waals surface area contributed by atoms with Gasteiger partial charge in [0.05, 0.1) is 0 Å². The number of benzene rings is 2. The zero-order chi connectivity index (χ0) is 14.5. The molecular weight excluding hydrogens is 268 g/mol. The molecule has 0 amide bonds. The predicted octanol–water partition coefficient (Wildman–Crippen LogP) is 3.79. The lowest BCUT2D eigenvalue weighted by molar-refractivity contribution is 0.915. The molecule has 0 saturated carbocycles. The van der Waals surface area contributed by atoms with E-state index in [0.29, 0.717) is 6.54 Å². The van der Waals surface area contributed by atoms with Gasteiger partial charge in [-0.1, -0.05) is 35.9 Å². The minimum atomic E-state index is 0.690. The Morgan fingerprint density at radius 1 is 1.10 bits per heavy atom. The van der Waals surface area contributed by atoms with Crippen molar-refractivity contribution in [2.45, 2.75) is 19.9 Å². The average molecular weight is 289 g/mol. The van der Waals surface area contributed by atoms with Crippen molar-refractivity contribution in [1.29, 1.82) is 0 Å². The van der Waals surface area contributed by atoms with Crippen LogP contribution in [0.1, 0.15) is 16.7 Å². The van der Waals surface area contributed by atoms with Crippen LogP contribution in [0.5, 0.6) is 0 Å². The molecule has 0 bridgehead atoms. The fourth-order valence-electron chi connectivity index (χ4n) is 2.33. The maximum atomic E-state index is 6.21. The summed E-state index contributed by atoms with van der Waals surface area (Å²) >= 11 is 6.21. The van der Waals surface area contributed by atoms with Gasteiger partial charge < -0.3 is 10.6 Å². The van der Waals surface area contributed by atoms with Gasteiger partial charge in [0.25, 0.3) is 0 Å². The largest absolute Gasteiger partial charge is 0.370 e. The number of nitrogens with two attached hydrogens (primary N) is 1. The molecule has 0 atom stereocenters. The zero-order valence-corrected chi connectivity index (χ0v) is 12.8. The second-order valence-electron chi connectivity index (χ2n) is 5.10. The van der Waals surface area contributed by atoms with Crippen LogP contribution in [0.25, 0.3) is 0 Å². The summed E-state index contributed by atoms with van der Waals surface area (Å²) in [5.41, 5.74) is 10.6. The standard InChI is InChI=1S/C17H21ClN2/c1-13-11-16(8-7-14(13)9-10-19)20(2)12-15-5-3-4-6-17(15)18/h3-8,11H,9-10,12,19H2,1-2H3. The molecule has 3 heteroatoms. The highest BCUT2D eigenvalue weighted by Gasteiger charge is 2.07. The molecule has 0 unspecified atom stereocenters. The normalized spacial score (nSPS) is 10.6. The molecule has 2 aromatic rings. The summed E-state index contributed by atoms with van der Waals surface area (Å²) in [6.07, 6.45) is 0.931. The lowest BCUT2D eigenvalue weighted by atomic mass is 10.0. The van der Waals surface area contributed by atoms with E-state index in [9.17, 15) is 0 Å². The van der Waals surface area contributed by atoms with E-state index in [1.54, 1.807) is 0 Å². The first kappa shape index (κ1) is 14.9. The Hall–Kier alpha value is -1.51. The van der Waals surface area contributed by atoms with Gasteiger partial charge in [-0.05, 0) is 54.8 Å². The first-order valence-corrected chi connectivity index (χ1v) is 7.23. The van der Waals surface area contributed by atoms with E-state index in [4.69, 9.17) is 17.3 Å². The molecule has 2 N–H and O–H groups in total. The Morgan fingerprint density at radius 3 is 2.50 bits per heavy atom. The van der Waals surface area contributed by atoms with Gasteiger partial charge in [0.2, 0.25) is 0 Å². The number of rotatable bonds is 5. The summed E-state index contributed by atoms with van der Waals surface area (Å²) in [5, 5.41) is 0.816. The van der Waals surface area contributed by atoms with Gasteiger partial charge in [0.15, 0.2) is 0 Å². The van der Waals surface area contributed by atoms with Crippen LogP contribution in [0.2, 0.25) is 5.02 Å². The summed E-state index contributed by atoms with van der Waals surface area (Å²) in [7, 11) is 2.08. The first-order valence-electron chi connectivity index (χ1n) is 6.86. The quantitative estimate of drug-likeness (QED) is 0.907. The monoisotopic (exact) mass is 288 g/mol. The predicted molar refractivity (Wildman–Crippen MR) is 87.5 cm³/mol. The number of halogens is 1. The molecule has 0 aromatic heterocycles. The molecule has 0 aliphatic carbocycles. The van der Waals surface area contributed by atoms with Gasteiger partial charge in [-0.3, -0.25) is 0 Å². The maximum absolute atomic E-state index is 6.21. The van der Waals surface area contributed by atoms with Crippen molar-refractivity contribution in [2.75, 3.05) is 18.5 Å². The molecule has 0 aliphatic heterocycles. The van der Waals surface area contributed by atoms with Gasteiger partial charge in [0, 0.05) is 24.3 Å². The Balaban J connectivity index is 2.15. The molecule has 106 valence electrons. The van der Waals surface area contributed by atoms with Crippen molar-refractivity contribution >= 4 is 17.3 Å². The highest BCUT2D eigenvalue weighted by Crippen LogP contribution is 2.22. The minimum Gasteiger partial charge on any atom is -0.370 e. The topological polar surface area (TPSA) is 29.3 Å². The van der Waals surface area contributed by atoms with Crippen LogP contribution in [0.4, 0.5) is 5.69 Å². The van der Waals surface area contributed by atoms with Crippen LogP contribution in [-0.4, -0.2) is 13.6 Å². The molecule has 2 rings (SSSR count). The van der Waals surface area contributed by atoms with Gasteiger partial charge in [-0.15, -0.1) is 0 Å². The highest BCUT2D eigenvalue weighted by atomic mass is 35.5. The molecule has 2 nitrogen and oxygen atoms in total. The Labute approximate surface area is 126 Å². The second kappa shape index (κ2) is 6.78. The summed E-state index contributed by atoms with van der Waals surface area (Å²) in [6, 6.07) is 14.5. The summed E-state index contributed by atoms with van der Waals surface area (Å²) in [5.74, 6) is 0. The number of nitrogens with zero attached hydrogens (tertiary/aromatic N) is 1. The first-order chi connectivity index (χ1) is 9.61. The molecular formula is C17H21ClN2. The SMILES string of the molecule is Cc1cc(N(C)Cc2ccccc2Cl)ccc1CCN. The van der Waals surface area contributed by atoms with E-state index in [1.807, 2.05) is 18.2 Å². The fourth-order valence-corrected chi connectivity index (χ4v) is 2.52. The summed E-state index contributed by atoms with van der Waals surface area (Å²) in [6.45, 7) is 3.63. The van der Waals surface area contributed by atoms with Crippen molar-refractivity contribution in [1.82, 2.24) is 0 Å². The average Bonchev–Trinajstić information content (AvgIpc) is 2.43. The molecule has 20 heavy (non-hydrogen) atoms. The molecule has 0 aliphatic rings.